The number of carbonyl (C=O) groups is 1. The third-order valence-electron chi connectivity index (χ3n) is 5.34. The first-order valence-corrected chi connectivity index (χ1v) is 10.7. The van der Waals surface area contributed by atoms with Gasteiger partial charge in [-0.15, -0.1) is 5.10 Å². The molecule has 0 aliphatic rings. The van der Waals surface area contributed by atoms with E-state index in [2.05, 4.69) is 46.8 Å². The number of aromatic nitrogens is 4. The molecular weight excluding hydrogens is 409 g/mol. The third kappa shape index (κ3) is 5.56. The normalized spacial score (nSPS) is 13.8. The van der Waals surface area contributed by atoms with Gasteiger partial charge in [0.2, 0.25) is 0 Å². The van der Waals surface area contributed by atoms with E-state index < -0.39 is 18.1 Å². The molecule has 0 aliphatic heterocycles. The first kappa shape index (κ1) is 23.5. The van der Waals surface area contributed by atoms with Gasteiger partial charge < -0.3 is 5.11 Å². The zero-order valence-corrected chi connectivity index (χ0v) is 19.1. The molecule has 1 aromatic heterocycles. The van der Waals surface area contributed by atoms with Crippen LogP contribution in [0.25, 0.3) is 0 Å². The molecule has 170 valence electrons. The van der Waals surface area contributed by atoms with Crippen LogP contribution in [0.3, 0.4) is 0 Å². The standard InChI is InChI=1S/C24H30FN5O2/c1-15(2)16-6-8-18(9-7-16)22(23-27-28-29-30(23)24(3,4)5)26-20(14-21(31)32)17-10-12-19(25)13-11-17/h6-13,15,20,22,26H,14H2,1-5H3,(H,31,32). The van der Waals surface area contributed by atoms with Crippen LogP contribution in [0.15, 0.2) is 48.5 Å². The number of nitrogens with one attached hydrogen (secondary N) is 1. The van der Waals surface area contributed by atoms with Crippen molar-refractivity contribution in [2.24, 2.45) is 0 Å². The van der Waals surface area contributed by atoms with Crippen molar-refractivity contribution in [2.75, 3.05) is 0 Å². The number of hydrogen-bond donors (Lipinski definition) is 2. The Labute approximate surface area is 187 Å². The number of rotatable bonds is 8. The zero-order valence-electron chi connectivity index (χ0n) is 19.1. The molecule has 2 unspecified atom stereocenters. The zero-order chi connectivity index (χ0) is 23.5. The van der Waals surface area contributed by atoms with Gasteiger partial charge in [-0.25, -0.2) is 9.07 Å². The Morgan fingerprint density at radius 1 is 1.03 bits per heavy atom. The van der Waals surface area contributed by atoms with Crippen LogP contribution in [0, 0.1) is 5.82 Å². The molecule has 8 heteroatoms. The van der Waals surface area contributed by atoms with E-state index in [-0.39, 0.29) is 17.8 Å². The molecule has 1 heterocycles. The highest BCUT2D eigenvalue weighted by Crippen LogP contribution is 2.30. The molecule has 0 radical (unpaired) electrons. The average Bonchev–Trinajstić information content (AvgIpc) is 3.22. The van der Waals surface area contributed by atoms with Crippen molar-refractivity contribution in [2.45, 2.75) is 64.6 Å². The van der Waals surface area contributed by atoms with E-state index in [0.29, 0.717) is 17.3 Å². The van der Waals surface area contributed by atoms with Crippen LogP contribution in [-0.2, 0) is 10.3 Å². The van der Waals surface area contributed by atoms with Gasteiger partial charge in [-0.05, 0) is 65.9 Å². The second kappa shape index (κ2) is 9.56. The predicted molar refractivity (Wildman–Crippen MR) is 120 cm³/mol. The number of nitrogens with zero attached hydrogens (tertiary/aromatic N) is 4. The van der Waals surface area contributed by atoms with Gasteiger partial charge in [-0.3, -0.25) is 10.1 Å². The van der Waals surface area contributed by atoms with Crippen molar-refractivity contribution in [3.05, 3.63) is 76.9 Å². The van der Waals surface area contributed by atoms with Crippen molar-refractivity contribution in [1.82, 2.24) is 25.5 Å². The van der Waals surface area contributed by atoms with Crippen molar-refractivity contribution in [3.8, 4) is 0 Å². The SMILES string of the molecule is CC(C)c1ccc(C(NC(CC(=O)O)c2ccc(F)cc2)c2nnnn2C(C)(C)C)cc1. The summed E-state index contributed by atoms with van der Waals surface area (Å²) in [6.45, 7) is 10.3. The minimum Gasteiger partial charge on any atom is -0.481 e. The highest BCUT2D eigenvalue weighted by atomic mass is 19.1. The lowest BCUT2D eigenvalue weighted by molar-refractivity contribution is -0.137. The van der Waals surface area contributed by atoms with Crippen LogP contribution < -0.4 is 5.32 Å². The summed E-state index contributed by atoms with van der Waals surface area (Å²) >= 11 is 0. The Balaban J connectivity index is 2.07. The van der Waals surface area contributed by atoms with Crippen LogP contribution in [0.4, 0.5) is 4.39 Å². The summed E-state index contributed by atoms with van der Waals surface area (Å²) in [5.74, 6) is -0.377. The van der Waals surface area contributed by atoms with Crippen LogP contribution in [-0.4, -0.2) is 31.3 Å². The van der Waals surface area contributed by atoms with E-state index >= 15 is 0 Å². The molecule has 0 saturated heterocycles. The Kier molecular flexibility index (Phi) is 7.03. The summed E-state index contributed by atoms with van der Waals surface area (Å²) < 4.78 is 15.2. The van der Waals surface area contributed by atoms with E-state index in [1.54, 1.807) is 16.8 Å². The average molecular weight is 440 g/mol. The van der Waals surface area contributed by atoms with Gasteiger partial charge in [-0.2, -0.15) is 0 Å². The van der Waals surface area contributed by atoms with Gasteiger partial charge in [-0.1, -0.05) is 50.2 Å². The quantitative estimate of drug-likeness (QED) is 0.533. The third-order valence-corrected chi connectivity index (χ3v) is 5.34. The molecule has 3 aromatic rings. The summed E-state index contributed by atoms with van der Waals surface area (Å²) in [4.78, 5) is 11.6. The molecule has 0 spiro atoms. The Morgan fingerprint density at radius 3 is 2.12 bits per heavy atom. The molecule has 32 heavy (non-hydrogen) atoms. The summed E-state index contributed by atoms with van der Waals surface area (Å²) in [5, 5.41) is 25.3. The van der Waals surface area contributed by atoms with Gasteiger partial charge >= 0.3 is 5.97 Å². The summed E-state index contributed by atoms with van der Waals surface area (Å²) in [5.41, 5.74) is 2.40. The smallest absolute Gasteiger partial charge is 0.305 e. The maximum absolute atomic E-state index is 13.5. The van der Waals surface area contributed by atoms with E-state index in [1.165, 1.54) is 17.7 Å². The molecule has 2 aromatic carbocycles. The minimum absolute atomic E-state index is 0.177. The lowest BCUT2D eigenvalue weighted by atomic mass is 9.96. The lowest BCUT2D eigenvalue weighted by Crippen LogP contribution is -2.34. The van der Waals surface area contributed by atoms with Gasteiger partial charge in [0, 0.05) is 6.04 Å². The Bertz CT molecular complexity index is 1040. The number of aliphatic carboxylic acids is 1. The van der Waals surface area contributed by atoms with Crippen molar-refractivity contribution in [1.29, 1.82) is 0 Å². The molecular formula is C24H30FN5O2. The predicted octanol–water partition coefficient (Wildman–Crippen LogP) is 4.59. The summed E-state index contributed by atoms with van der Waals surface area (Å²) in [6.07, 6.45) is -0.177. The van der Waals surface area contributed by atoms with E-state index in [4.69, 9.17) is 0 Å². The first-order valence-electron chi connectivity index (χ1n) is 10.7. The molecule has 3 rings (SSSR count). The summed E-state index contributed by atoms with van der Waals surface area (Å²) in [7, 11) is 0. The molecule has 7 nitrogen and oxygen atoms in total. The molecule has 0 bridgehead atoms. The van der Waals surface area contributed by atoms with Gasteiger partial charge in [0.15, 0.2) is 5.82 Å². The fraction of sp³-hybridized carbons (Fsp3) is 0.417. The number of halogens is 1. The maximum atomic E-state index is 13.5. The molecule has 2 atom stereocenters. The first-order chi connectivity index (χ1) is 15.1. The Hall–Kier alpha value is -3.13. The molecule has 0 aliphatic carbocycles. The number of carboxylic acids is 1. The number of hydrogen-bond acceptors (Lipinski definition) is 5. The molecule has 0 amide bonds. The molecule has 2 N–H and O–H groups in total. The fourth-order valence-corrected chi connectivity index (χ4v) is 3.59. The monoisotopic (exact) mass is 439 g/mol. The van der Waals surface area contributed by atoms with Crippen molar-refractivity contribution < 1.29 is 14.3 Å². The van der Waals surface area contributed by atoms with E-state index in [0.717, 1.165) is 5.56 Å². The van der Waals surface area contributed by atoms with Crippen LogP contribution in [0.1, 0.15) is 81.6 Å². The molecule has 0 fully saturated rings. The second-order valence-corrected chi connectivity index (χ2v) is 9.24. The van der Waals surface area contributed by atoms with Crippen molar-refractivity contribution >= 4 is 5.97 Å². The Morgan fingerprint density at radius 2 is 1.59 bits per heavy atom. The topological polar surface area (TPSA) is 92.9 Å². The van der Waals surface area contributed by atoms with Gasteiger partial charge in [0.05, 0.1) is 18.0 Å². The number of carboxylic acid groups (broad SMARTS) is 1. The summed E-state index contributed by atoms with van der Waals surface area (Å²) in [6, 6.07) is 13.0. The number of benzene rings is 2. The van der Waals surface area contributed by atoms with Crippen LogP contribution in [0.5, 0.6) is 0 Å². The lowest BCUT2D eigenvalue weighted by Gasteiger charge is -2.28. The van der Waals surface area contributed by atoms with Gasteiger partial charge in [0.25, 0.3) is 0 Å². The highest BCUT2D eigenvalue weighted by molar-refractivity contribution is 5.68. The fourth-order valence-electron chi connectivity index (χ4n) is 3.59. The second-order valence-electron chi connectivity index (χ2n) is 9.24. The molecule has 0 saturated carbocycles. The number of tetrazole rings is 1. The highest BCUT2D eigenvalue weighted by Gasteiger charge is 2.30. The van der Waals surface area contributed by atoms with E-state index in [9.17, 15) is 14.3 Å². The van der Waals surface area contributed by atoms with Crippen molar-refractivity contribution in [3.63, 3.8) is 0 Å². The largest absolute Gasteiger partial charge is 0.481 e. The maximum Gasteiger partial charge on any atom is 0.305 e. The van der Waals surface area contributed by atoms with Crippen LogP contribution >= 0.6 is 0 Å². The van der Waals surface area contributed by atoms with E-state index in [1.807, 2.05) is 32.9 Å². The van der Waals surface area contributed by atoms with Crippen LogP contribution in [0.2, 0.25) is 0 Å². The minimum atomic E-state index is -0.962. The van der Waals surface area contributed by atoms with Gasteiger partial charge in [0.1, 0.15) is 5.82 Å².